The third kappa shape index (κ3) is 4.94. The molecule has 1 saturated heterocycles. The average molecular weight is 337 g/mol. The summed E-state index contributed by atoms with van der Waals surface area (Å²) >= 11 is 0. The van der Waals surface area contributed by atoms with Gasteiger partial charge in [0.05, 0.1) is 6.61 Å². The van der Waals surface area contributed by atoms with Crippen molar-refractivity contribution in [1.29, 1.82) is 0 Å². The minimum Gasteiger partial charge on any atom is -0.465 e. The molecule has 2 heterocycles. The Labute approximate surface area is 139 Å². The summed E-state index contributed by atoms with van der Waals surface area (Å²) in [6.45, 7) is 2.65. The first-order valence-corrected chi connectivity index (χ1v) is 7.74. The zero-order valence-corrected chi connectivity index (χ0v) is 13.4. The van der Waals surface area contributed by atoms with Gasteiger partial charge in [0.25, 0.3) is 0 Å². The zero-order chi connectivity index (χ0) is 17.5. The molecule has 7 nitrogen and oxygen atoms in total. The molecule has 1 atom stereocenters. The standard InChI is InChI=1S/C16H20FN3O4/c1-2-24-15(21)13(17)8-11-5-6-14(18-9-11)19-12-4-3-7-20(10-12)16(22)23/h5-6,8-9,12H,2-4,7,10H2,1H3,(H,18,19)(H,22,23)/b13-8+/t12-/m1/s1. The van der Waals surface area contributed by atoms with E-state index in [4.69, 9.17) is 5.11 Å². The van der Waals surface area contributed by atoms with Gasteiger partial charge in [-0.05, 0) is 43.5 Å². The number of pyridine rings is 1. The Balaban J connectivity index is 1.96. The molecule has 0 saturated carbocycles. The number of likely N-dealkylation sites (tertiary alicyclic amines) is 1. The zero-order valence-electron chi connectivity index (χ0n) is 13.4. The summed E-state index contributed by atoms with van der Waals surface area (Å²) in [6, 6.07) is 3.26. The largest absolute Gasteiger partial charge is 0.465 e. The van der Waals surface area contributed by atoms with Crippen LogP contribution in [-0.2, 0) is 9.53 Å². The highest BCUT2D eigenvalue weighted by atomic mass is 19.1. The molecule has 1 aliphatic rings. The minimum atomic E-state index is -1.00. The smallest absolute Gasteiger partial charge is 0.407 e. The number of nitrogens with one attached hydrogen (secondary N) is 1. The van der Waals surface area contributed by atoms with Gasteiger partial charge in [-0.25, -0.2) is 14.6 Å². The fraction of sp³-hybridized carbons (Fsp3) is 0.438. The van der Waals surface area contributed by atoms with Gasteiger partial charge in [-0.3, -0.25) is 0 Å². The van der Waals surface area contributed by atoms with Crippen molar-refractivity contribution in [3.8, 4) is 0 Å². The summed E-state index contributed by atoms with van der Waals surface area (Å²) in [6.07, 6.45) is 3.20. The topological polar surface area (TPSA) is 91.8 Å². The number of aromatic nitrogens is 1. The van der Waals surface area contributed by atoms with Gasteiger partial charge in [-0.15, -0.1) is 0 Å². The van der Waals surface area contributed by atoms with Gasteiger partial charge in [-0.1, -0.05) is 0 Å². The second kappa shape index (κ2) is 8.28. The number of piperidine rings is 1. The van der Waals surface area contributed by atoms with Crippen molar-refractivity contribution < 1.29 is 23.8 Å². The van der Waals surface area contributed by atoms with Gasteiger partial charge in [0.1, 0.15) is 5.82 Å². The number of amides is 1. The molecule has 1 aliphatic heterocycles. The first kappa shape index (κ1) is 17.7. The van der Waals surface area contributed by atoms with E-state index in [0.717, 1.165) is 18.9 Å². The molecular formula is C16H20FN3O4. The van der Waals surface area contributed by atoms with E-state index in [2.05, 4.69) is 15.0 Å². The molecule has 130 valence electrons. The lowest BCUT2D eigenvalue weighted by molar-refractivity contribution is -0.140. The number of esters is 1. The Bertz CT molecular complexity index is 618. The van der Waals surface area contributed by atoms with E-state index in [1.807, 2.05) is 0 Å². The van der Waals surface area contributed by atoms with Crippen LogP contribution >= 0.6 is 0 Å². The van der Waals surface area contributed by atoms with Crippen LogP contribution in [-0.4, -0.2) is 52.8 Å². The Morgan fingerprint density at radius 3 is 2.96 bits per heavy atom. The summed E-state index contributed by atoms with van der Waals surface area (Å²) < 4.78 is 18.1. The maximum atomic E-state index is 13.5. The number of hydrogen-bond donors (Lipinski definition) is 2. The molecule has 2 N–H and O–H groups in total. The molecule has 24 heavy (non-hydrogen) atoms. The summed E-state index contributed by atoms with van der Waals surface area (Å²) in [5, 5.41) is 12.2. The number of carbonyl (C=O) groups excluding carboxylic acids is 1. The van der Waals surface area contributed by atoms with Crippen molar-refractivity contribution in [2.24, 2.45) is 0 Å². The lowest BCUT2D eigenvalue weighted by atomic mass is 10.1. The van der Waals surface area contributed by atoms with Crippen LogP contribution < -0.4 is 5.32 Å². The Morgan fingerprint density at radius 2 is 2.33 bits per heavy atom. The number of carboxylic acid groups (broad SMARTS) is 1. The first-order chi connectivity index (χ1) is 11.5. The van der Waals surface area contributed by atoms with Crippen LogP contribution in [0.2, 0.25) is 0 Å². The molecule has 0 spiro atoms. The van der Waals surface area contributed by atoms with Crippen LogP contribution in [0.3, 0.4) is 0 Å². The van der Waals surface area contributed by atoms with Crippen LogP contribution in [0.5, 0.6) is 0 Å². The number of carbonyl (C=O) groups is 2. The molecule has 1 aromatic heterocycles. The third-order valence-corrected chi connectivity index (χ3v) is 3.59. The van der Waals surface area contributed by atoms with Gasteiger partial charge in [0.15, 0.2) is 0 Å². The van der Waals surface area contributed by atoms with Crippen molar-refractivity contribution in [3.05, 3.63) is 29.7 Å². The second-order valence-electron chi connectivity index (χ2n) is 5.40. The van der Waals surface area contributed by atoms with Gasteiger partial charge in [-0.2, -0.15) is 4.39 Å². The first-order valence-electron chi connectivity index (χ1n) is 7.74. The van der Waals surface area contributed by atoms with Crippen LogP contribution in [0.15, 0.2) is 24.2 Å². The fourth-order valence-electron chi connectivity index (χ4n) is 2.46. The normalized spacial score (nSPS) is 18.2. The molecule has 1 amide bonds. The quantitative estimate of drug-likeness (QED) is 0.634. The highest BCUT2D eigenvalue weighted by Crippen LogP contribution is 2.16. The van der Waals surface area contributed by atoms with Gasteiger partial charge in [0.2, 0.25) is 5.83 Å². The molecule has 0 aliphatic carbocycles. The predicted octanol–water partition coefficient (Wildman–Crippen LogP) is 2.51. The van der Waals surface area contributed by atoms with Crippen molar-refractivity contribution in [2.45, 2.75) is 25.8 Å². The summed E-state index contributed by atoms with van der Waals surface area (Å²) in [5.74, 6) is -1.42. The van der Waals surface area contributed by atoms with Crippen LogP contribution in [0.1, 0.15) is 25.3 Å². The lowest BCUT2D eigenvalue weighted by Gasteiger charge is -2.31. The van der Waals surface area contributed by atoms with E-state index in [-0.39, 0.29) is 12.6 Å². The van der Waals surface area contributed by atoms with Crippen molar-refractivity contribution in [3.63, 3.8) is 0 Å². The third-order valence-electron chi connectivity index (χ3n) is 3.59. The van der Waals surface area contributed by atoms with Crippen molar-refractivity contribution >= 4 is 24.0 Å². The lowest BCUT2D eigenvalue weighted by Crippen LogP contribution is -2.44. The molecule has 1 aromatic rings. The van der Waals surface area contributed by atoms with Crippen molar-refractivity contribution in [1.82, 2.24) is 9.88 Å². The van der Waals surface area contributed by atoms with E-state index in [9.17, 15) is 14.0 Å². The highest BCUT2D eigenvalue weighted by Gasteiger charge is 2.23. The maximum Gasteiger partial charge on any atom is 0.407 e. The van der Waals surface area contributed by atoms with Crippen LogP contribution in [0.4, 0.5) is 15.0 Å². The maximum absolute atomic E-state index is 13.5. The summed E-state index contributed by atoms with van der Waals surface area (Å²) in [7, 11) is 0. The van der Waals surface area contributed by atoms with Crippen LogP contribution in [0, 0.1) is 0 Å². The molecule has 1 fully saturated rings. The number of hydrogen-bond acceptors (Lipinski definition) is 5. The monoisotopic (exact) mass is 337 g/mol. The minimum absolute atomic E-state index is 0.0139. The molecule has 0 unspecified atom stereocenters. The van der Waals surface area contributed by atoms with Gasteiger partial charge < -0.3 is 20.1 Å². The molecule has 0 bridgehead atoms. The molecule has 0 aromatic carbocycles. The number of ether oxygens (including phenoxy) is 1. The van der Waals surface area contributed by atoms with Gasteiger partial charge >= 0.3 is 12.1 Å². The predicted molar refractivity (Wildman–Crippen MR) is 86.2 cm³/mol. The summed E-state index contributed by atoms with van der Waals surface area (Å²) in [5.41, 5.74) is 0.432. The number of nitrogens with zero attached hydrogens (tertiary/aromatic N) is 2. The van der Waals surface area contributed by atoms with Gasteiger partial charge in [0, 0.05) is 25.3 Å². The Kier molecular flexibility index (Phi) is 6.11. The second-order valence-corrected chi connectivity index (χ2v) is 5.40. The van der Waals surface area contributed by atoms with Crippen molar-refractivity contribution in [2.75, 3.05) is 25.0 Å². The molecular weight excluding hydrogens is 317 g/mol. The molecule has 0 radical (unpaired) electrons. The number of halogens is 1. The fourth-order valence-corrected chi connectivity index (χ4v) is 2.46. The Morgan fingerprint density at radius 1 is 1.54 bits per heavy atom. The van der Waals surface area contributed by atoms with E-state index in [1.165, 1.54) is 11.1 Å². The number of anilines is 1. The number of rotatable bonds is 5. The van der Waals surface area contributed by atoms with E-state index in [1.54, 1.807) is 19.1 Å². The highest BCUT2D eigenvalue weighted by molar-refractivity contribution is 5.91. The average Bonchev–Trinajstić information content (AvgIpc) is 2.57. The van der Waals surface area contributed by atoms with E-state index in [0.29, 0.717) is 24.5 Å². The Hall–Kier alpha value is -2.64. The van der Waals surface area contributed by atoms with E-state index < -0.39 is 17.9 Å². The molecule has 8 heteroatoms. The molecule has 2 rings (SSSR count). The SMILES string of the molecule is CCOC(=O)/C(F)=C\c1ccc(N[C@@H]2CCCN(C(=O)O)C2)nc1. The summed E-state index contributed by atoms with van der Waals surface area (Å²) in [4.78, 5) is 27.7. The van der Waals surface area contributed by atoms with Crippen LogP contribution in [0.25, 0.3) is 6.08 Å². The van der Waals surface area contributed by atoms with E-state index >= 15 is 0 Å².